The van der Waals surface area contributed by atoms with Crippen molar-refractivity contribution in [2.24, 2.45) is 0 Å². The number of nitro groups is 3. The van der Waals surface area contributed by atoms with Gasteiger partial charge in [-0.05, 0) is 11.6 Å². The van der Waals surface area contributed by atoms with Crippen LogP contribution < -0.4 is 10.9 Å². The first-order valence-electron chi connectivity index (χ1n) is 8.16. The first-order chi connectivity index (χ1) is 13.9. The summed E-state index contributed by atoms with van der Waals surface area (Å²) in [4.78, 5) is 30.9. The number of nitrogens with zero attached hydrogens (tertiary/aromatic N) is 3. The summed E-state index contributed by atoms with van der Waals surface area (Å²) in [7, 11) is 0. The SMILES string of the molecule is O=[N+]([O-])c1cc([N+](=O)[O-])c(NNc2ccccc2-c2ccccc2)c([N+](=O)[O-])c1. The smallest absolute Gasteiger partial charge is 0.300 e. The maximum Gasteiger partial charge on any atom is 0.308 e. The summed E-state index contributed by atoms with van der Waals surface area (Å²) in [6.45, 7) is 0. The standard InChI is InChI=1S/C18H13N5O6/c24-21(25)13-10-16(22(26)27)18(17(11-13)23(28)29)20-19-15-9-5-4-8-14(15)12-6-2-1-3-7-12/h1-11,19-20H. The molecule has 146 valence electrons. The van der Waals surface area contributed by atoms with E-state index in [4.69, 9.17) is 0 Å². The first-order valence-corrected chi connectivity index (χ1v) is 8.16. The van der Waals surface area contributed by atoms with Crippen LogP contribution in [0.4, 0.5) is 28.4 Å². The Bertz CT molecular complexity index is 1070. The van der Waals surface area contributed by atoms with Gasteiger partial charge in [-0.2, -0.15) is 0 Å². The molecule has 3 aromatic rings. The summed E-state index contributed by atoms with van der Waals surface area (Å²) in [5, 5.41) is 33.7. The molecule has 0 spiro atoms. The van der Waals surface area contributed by atoms with Crippen LogP contribution in [-0.4, -0.2) is 14.8 Å². The average molecular weight is 395 g/mol. The summed E-state index contributed by atoms with van der Waals surface area (Å²) >= 11 is 0. The van der Waals surface area contributed by atoms with E-state index in [-0.39, 0.29) is 0 Å². The summed E-state index contributed by atoms with van der Waals surface area (Å²) in [5.74, 6) is 0. The topological polar surface area (TPSA) is 153 Å². The molecule has 29 heavy (non-hydrogen) atoms. The lowest BCUT2D eigenvalue weighted by atomic mass is 10.0. The summed E-state index contributed by atoms with van der Waals surface area (Å²) < 4.78 is 0. The van der Waals surface area contributed by atoms with Gasteiger partial charge in [0.15, 0.2) is 0 Å². The lowest BCUT2D eigenvalue weighted by molar-refractivity contribution is -0.401. The Morgan fingerprint density at radius 2 is 1.21 bits per heavy atom. The number of nitro benzene ring substituents is 3. The zero-order chi connectivity index (χ0) is 21.0. The van der Waals surface area contributed by atoms with Gasteiger partial charge in [0.2, 0.25) is 5.69 Å². The first kappa shape index (κ1) is 19.2. The zero-order valence-electron chi connectivity index (χ0n) is 14.6. The molecule has 0 amide bonds. The van der Waals surface area contributed by atoms with Crippen molar-refractivity contribution in [2.75, 3.05) is 10.9 Å². The van der Waals surface area contributed by atoms with Crippen molar-refractivity contribution in [2.45, 2.75) is 0 Å². The van der Waals surface area contributed by atoms with Crippen LogP contribution in [0.5, 0.6) is 0 Å². The quantitative estimate of drug-likeness (QED) is 0.437. The minimum atomic E-state index is -0.929. The Balaban J connectivity index is 2.03. The minimum Gasteiger partial charge on any atom is -0.300 e. The molecule has 0 aliphatic carbocycles. The van der Waals surface area contributed by atoms with E-state index in [1.807, 2.05) is 30.3 Å². The Labute approximate surface area is 163 Å². The van der Waals surface area contributed by atoms with E-state index in [1.165, 1.54) is 0 Å². The number of benzene rings is 3. The van der Waals surface area contributed by atoms with E-state index in [2.05, 4.69) is 10.9 Å². The number of anilines is 2. The number of para-hydroxylation sites is 1. The lowest BCUT2D eigenvalue weighted by Gasteiger charge is -2.14. The van der Waals surface area contributed by atoms with Gasteiger partial charge < -0.3 is 0 Å². The van der Waals surface area contributed by atoms with Gasteiger partial charge in [-0.3, -0.25) is 41.2 Å². The van der Waals surface area contributed by atoms with Gasteiger partial charge in [0.1, 0.15) is 0 Å². The number of hydrogen-bond acceptors (Lipinski definition) is 8. The van der Waals surface area contributed by atoms with Gasteiger partial charge >= 0.3 is 11.4 Å². The molecular formula is C18H13N5O6. The number of non-ortho nitro benzene ring substituents is 1. The predicted molar refractivity (Wildman–Crippen MR) is 106 cm³/mol. The molecule has 0 heterocycles. The molecule has 2 N–H and O–H groups in total. The molecule has 0 atom stereocenters. The highest BCUT2D eigenvalue weighted by Crippen LogP contribution is 2.38. The van der Waals surface area contributed by atoms with E-state index in [0.717, 1.165) is 11.1 Å². The molecule has 0 aliphatic heterocycles. The van der Waals surface area contributed by atoms with Gasteiger partial charge in [0.25, 0.3) is 5.69 Å². The van der Waals surface area contributed by atoms with Crippen LogP contribution in [0.25, 0.3) is 11.1 Å². The molecule has 0 saturated heterocycles. The van der Waals surface area contributed by atoms with Crippen LogP contribution >= 0.6 is 0 Å². The molecule has 0 saturated carbocycles. The Morgan fingerprint density at radius 1 is 0.655 bits per heavy atom. The van der Waals surface area contributed by atoms with Gasteiger partial charge in [-0.1, -0.05) is 48.5 Å². The summed E-state index contributed by atoms with van der Waals surface area (Å²) in [6.07, 6.45) is 0. The third-order valence-electron chi connectivity index (χ3n) is 4.02. The molecular weight excluding hydrogens is 382 g/mol. The number of rotatable bonds is 7. The number of nitrogens with one attached hydrogen (secondary N) is 2. The Morgan fingerprint density at radius 3 is 1.76 bits per heavy atom. The van der Waals surface area contributed by atoms with Gasteiger partial charge in [0.05, 0.1) is 32.6 Å². The van der Waals surface area contributed by atoms with Crippen molar-refractivity contribution in [3.8, 4) is 11.1 Å². The van der Waals surface area contributed by atoms with Gasteiger partial charge in [-0.15, -0.1) is 0 Å². The third kappa shape index (κ3) is 4.08. The van der Waals surface area contributed by atoms with Crippen molar-refractivity contribution >= 4 is 28.4 Å². The van der Waals surface area contributed by atoms with Crippen molar-refractivity contribution in [3.63, 3.8) is 0 Å². The summed E-state index contributed by atoms with van der Waals surface area (Å²) in [6, 6.07) is 17.6. The van der Waals surface area contributed by atoms with E-state index < -0.39 is 37.5 Å². The van der Waals surface area contributed by atoms with Gasteiger partial charge in [-0.25, -0.2) is 0 Å². The Kier molecular flexibility index (Phi) is 5.30. The van der Waals surface area contributed by atoms with Crippen molar-refractivity contribution in [1.29, 1.82) is 0 Å². The molecule has 0 bridgehead atoms. The second-order valence-corrected chi connectivity index (χ2v) is 5.79. The highest BCUT2D eigenvalue weighted by molar-refractivity contribution is 5.82. The third-order valence-corrected chi connectivity index (χ3v) is 4.02. The van der Waals surface area contributed by atoms with Crippen molar-refractivity contribution in [1.82, 2.24) is 0 Å². The lowest BCUT2D eigenvalue weighted by Crippen LogP contribution is -2.13. The highest BCUT2D eigenvalue weighted by atomic mass is 16.6. The maximum absolute atomic E-state index is 11.4. The zero-order valence-corrected chi connectivity index (χ0v) is 14.6. The van der Waals surface area contributed by atoms with Gasteiger partial charge in [0, 0.05) is 5.56 Å². The van der Waals surface area contributed by atoms with Crippen LogP contribution in [0.3, 0.4) is 0 Å². The fraction of sp³-hybridized carbons (Fsp3) is 0. The second kappa shape index (κ2) is 8.00. The summed E-state index contributed by atoms with van der Waals surface area (Å²) in [5.41, 5.74) is 4.48. The Hall–Kier alpha value is -4.54. The van der Waals surface area contributed by atoms with Crippen LogP contribution in [0, 0.1) is 30.3 Å². The fourth-order valence-electron chi connectivity index (χ4n) is 2.71. The predicted octanol–water partition coefficient (Wildman–Crippen LogP) is 4.52. The second-order valence-electron chi connectivity index (χ2n) is 5.79. The molecule has 0 fully saturated rings. The average Bonchev–Trinajstić information content (AvgIpc) is 2.72. The fourth-order valence-corrected chi connectivity index (χ4v) is 2.71. The number of hydrogen-bond donors (Lipinski definition) is 2. The maximum atomic E-state index is 11.4. The molecule has 11 nitrogen and oxygen atoms in total. The van der Waals surface area contributed by atoms with E-state index in [1.54, 1.807) is 24.3 Å². The molecule has 0 aliphatic rings. The molecule has 3 aromatic carbocycles. The van der Waals surface area contributed by atoms with E-state index in [0.29, 0.717) is 17.8 Å². The van der Waals surface area contributed by atoms with E-state index in [9.17, 15) is 30.3 Å². The molecule has 0 unspecified atom stereocenters. The highest BCUT2D eigenvalue weighted by Gasteiger charge is 2.30. The van der Waals surface area contributed by atoms with Crippen molar-refractivity contribution < 1.29 is 14.8 Å². The molecule has 0 radical (unpaired) electrons. The largest absolute Gasteiger partial charge is 0.308 e. The molecule has 11 heteroatoms. The molecule has 0 aromatic heterocycles. The normalized spacial score (nSPS) is 10.2. The minimum absolute atomic E-state index is 0.492. The van der Waals surface area contributed by atoms with Crippen LogP contribution in [0.1, 0.15) is 0 Å². The molecule has 3 rings (SSSR count). The van der Waals surface area contributed by atoms with E-state index >= 15 is 0 Å². The van der Waals surface area contributed by atoms with Crippen LogP contribution in [0.15, 0.2) is 66.7 Å². The van der Waals surface area contributed by atoms with Crippen LogP contribution in [-0.2, 0) is 0 Å². The number of hydrazine groups is 1. The van der Waals surface area contributed by atoms with Crippen molar-refractivity contribution in [3.05, 3.63) is 97.1 Å². The monoisotopic (exact) mass is 395 g/mol. The van der Waals surface area contributed by atoms with Crippen LogP contribution in [0.2, 0.25) is 0 Å².